The number of rotatable bonds is 3. The molecule has 1 atom stereocenters. The van der Waals surface area contributed by atoms with Gasteiger partial charge in [-0.05, 0) is 54.8 Å². The largest absolute Gasteiger partial charge is 0.438 e. The maximum Gasteiger partial charge on any atom is 0.322 e. The second-order valence-corrected chi connectivity index (χ2v) is 7.51. The van der Waals surface area contributed by atoms with Crippen molar-refractivity contribution in [2.45, 2.75) is 18.9 Å². The van der Waals surface area contributed by atoms with Gasteiger partial charge in [-0.2, -0.15) is 0 Å². The van der Waals surface area contributed by atoms with E-state index in [2.05, 4.69) is 10.3 Å². The summed E-state index contributed by atoms with van der Waals surface area (Å²) in [5.41, 5.74) is 2.77. The fourth-order valence-electron chi connectivity index (χ4n) is 3.98. The lowest BCUT2D eigenvalue weighted by molar-refractivity contribution is 0.199. The Labute approximate surface area is 177 Å². The molecule has 1 fully saturated rings. The van der Waals surface area contributed by atoms with Crippen molar-refractivity contribution in [2.75, 3.05) is 11.9 Å². The number of nitrogens with zero attached hydrogens (tertiary/aromatic N) is 2. The predicted molar refractivity (Wildman–Crippen MR) is 114 cm³/mol. The number of likely N-dealkylation sites (tertiary alicyclic amines) is 1. The minimum absolute atomic E-state index is 0.304. The highest BCUT2D eigenvalue weighted by Gasteiger charge is 2.33. The molecule has 1 aromatic heterocycles. The Morgan fingerprint density at radius 1 is 1.06 bits per heavy atom. The lowest BCUT2D eigenvalue weighted by atomic mass is 10.0. The molecule has 0 bridgehead atoms. The molecule has 1 N–H and O–H groups in total. The quantitative estimate of drug-likeness (QED) is 0.434. The third-order valence-electron chi connectivity index (χ3n) is 5.46. The van der Waals surface area contributed by atoms with Gasteiger partial charge in [0, 0.05) is 17.8 Å². The molecule has 5 nitrogen and oxygen atoms in total. The molecule has 156 valence electrons. The molecule has 0 saturated carbocycles. The highest BCUT2D eigenvalue weighted by molar-refractivity contribution is 5.90. The predicted octanol–water partition coefficient (Wildman–Crippen LogP) is 6.14. The van der Waals surface area contributed by atoms with Gasteiger partial charge < -0.3 is 14.6 Å². The Morgan fingerprint density at radius 2 is 1.94 bits per heavy atom. The fourth-order valence-corrected chi connectivity index (χ4v) is 3.98. The van der Waals surface area contributed by atoms with Crippen LogP contribution in [0, 0.1) is 11.6 Å². The van der Waals surface area contributed by atoms with E-state index in [1.807, 2.05) is 0 Å². The second kappa shape index (κ2) is 7.83. The maximum atomic E-state index is 14.2. The topological polar surface area (TPSA) is 58.4 Å². The second-order valence-electron chi connectivity index (χ2n) is 7.51. The van der Waals surface area contributed by atoms with Gasteiger partial charge in [0.2, 0.25) is 5.89 Å². The lowest BCUT2D eigenvalue weighted by Crippen LogP contribution is -2.34. The first-order chi connectivity index (χ1) is 15.1. The van der Waals surface area contributed by atoms with Crippen LogP contribution in [0.4, 0.5) is 19.3 Å². The van der Waals surface area contributed by atoms with Crippen molar-refractivity contribution in [3.05, 3.63) is 84.3 Å². The molecular weight excluding hydrogens is 400 g/mol. The number of hydrogen-bond donors (Lipinski definition) is 1. The number of oxazole rings is 1. The number of nitrogens with one attached hydrogen (secondary N) is 1. The minimum Gasteiger partial charge on any atom is -0.438 e. The molecule has 0 spiro atoms. The Kier molecular flexibility index (Phi) is 4.86. The van der Waals surface area contributed by atoms with Gasteiger partial charge in [0.15, 0.2) is 5.58 Å². The number of amides is 2. The third kappa shape index (κ3) is 3.74. The first-order valence-corrected chi connectivity index (χ1v) is 10.1. The normalized spacial score (nSPS) is 16.1. The number of hydrogen-bond acceptors (Lipinski definition) is 3. The molecule has 0 radical (unpaired) electrons. The van der Waals surface area contributed by atoms with E-state index in [1.54, 1.807) is 53.4 Å². The van der Waals surface area contributed by atoms with Crippen molar-refractivity contribution in [1.82, 2.24) is 9.88 Å². The van der Waals surface area contributed by atoms with Gasteiger partial charge >= 0.3 is 6.03 Å². The standard InChI is InChI=1S/C24H19F2N3O2/c25-16-5-3-6-17(14-16)27-24(30)29-12-4-9-21(29)23-28-20-13-15(10-11-22(20)31-23)18-7-1-2-8-19(18)26/h1-3,5-8,10-11,13-14,21H,4,9,12H2,(H,27,30). The van der Waals surface area contributed by atoms with E-state index in [0.717, 1.165) is 6.42 Å². The highest BCUT2D eigenvalue weighted by Crippen LogP contribution is 2.35. The Morgan fingerprint density at radius 3 is 2.77 bits per heavy atom. The van der Waals surface area contributed by atoms with E-state index in [-0.39, 0.29) is 17.9 Å². The van der Waals surface area contributed by atoms with E-state index in [4.69, 9.17) is 4.42 Å². The summed E-state index contributed by atoms with van der Waals surface area (Å²) in [5.74, 6) is -0.283. The van der Waals surface area contributed by atoms with Crippen LogP contribution in [0.15, 0.2) is 71.1 Å². The van der Waals surface area contributed by atoms with Gasteiger partial charge in [0.25, 0.3) is 0 Å². The molecule has 4 aromatic rings. The lowest BCUT2D eigenvalue weighted by Gasteiger charge is -2.22. The summed E-state index contributed by atoms with van der Waals surface area (Å²) in [6.07, 6.45) is 1.52. The molecule has 7 heteroatoms. The zero-order valence-electron chi connectivity index (χ0n) is 16.5. The zero-order chi connectivity index (χ0) is 21.4. The van der Waals surface area contributed by atoms with Crippen LogP contribution in [0.25, 0.3) is 22.2 Å². The number of anilines is 1. The van der Waals surface area contributed by atoms with Gasteiger partial charge in [0.1, 0.15) is 23.2 Å². The van der Waals surface area contributed by atoms with Crippen molar-refractivity contribution < 1.29 is 18.0 Å². The molecular formula is C24H19F2N3O2. The molecule has 3 aromatic carbocycles. The molecule has 2 heterocycles. The summed E-state index contributed by atoms with van der Waals surface area (Å²) in [5, 5.41) is 2.73. The molecule has 1 unspecified atom stereocenters. The summed E-state index contributed by atoms with van der Waals surface area (Å²) >= 11 is 0. The molecule has 1 aliphatic rings. The van der Waals surface area contributed by atoms with Gasteiger partial charge in [-0.1, -0.05) is 30.3 Å². The molecule has 31 heavy (non-hydrogen) atoms. The number of halogens is 2. The van der Waals surface area contributed by atoms with Crippen molar-refractivity contribution in [1.29, 1.82) is 0 Å². The Bertz CT molecular complexity index is 1270. The van der Waals surface area contributed by atoms with E-state index < -0.39 is 5.82 Å². The Balaban J connectivity index is 1.41. The van der Waals surface area contributed by atoms with E-state index in [1.165, 1.54) is 18.2 Å². The van der Waals surface area contributed by atoms with Crippen molar-refractivity contribution in [3.63, 3.8) is 0 Å². The van der Waals surface area contributed by atoms with Gasteiger partial charge in [0.05, 0.1) is 0 Å². The monoisotopic (exact) mass is 419 g/mol. The van der Waals surface area contributed by atoms with Crippen molar-refractivity contribution >= 4 is 22.8 Å². The van der Waals surface area contributed by atoms with Crippen molar-refractivity contribution in [3.8, 4) is 11.1 Å². The summed E-state index contributed by atoms with van der Waals surface area (Å²) in [6, 6.07) is 17.0. The SMILES string of the molecule is O=C(Nc1cccc(F)c1)N1CCCC1c1nc2cc(-c3ccccc3F)ccc2o1. The van der Waals surface area contributed by atoms with E-state index in [9.17, 15) is 13.6 Å². The van der Waals surface area contributed by atoms with Crippen LogP contribution >= 0.6 is 0 Å². The van der Waals surface area contributed by atoms with Crippen LogP contribution in [0.1, 0.15) is 24.8 Å². The molecule has 2 amide bonds. The van der Waals surface area contributed by atoms with Crippen LogP contribution in [-0.2, 0) is 0 Å². The van der Waals surface area contributed by atoms with Gasteiger partial charge in [-0.15, -0.1) is 0 Å². The summed E-state index contributed by atoms with van der Waals surface area (Å²) in [4.78, 5) is 19.0. The smallest absolute Gasteiger partial charge is 0.322 e. The van der Waals surface area contributed by atoms with Crippen molar-refractivity contribution in [2.24, 2.45) is 0 Å². The first-order valence-electron chi connectivity index (χ1n) is 10.1. The van der Waals surface area contributed by atoms with Crippen LogP contribution in [0.5, 0.6) is 0 Å². The van der Waals surface area contributed by atoms with Gasteiger partial charge in [-0.25, -0.2) is 18.6 Å². The average Bonchev–Trinajstić information content (AvgIpc) is 3.40. The minimum atomic E-state index is -0.416. The van der Waals surface area contributed by atoms with Crippen LogP contribution in [-0.4, -0.2) is 22.5 Å². The fraction of sp³-hybridized carbons (Fsp3) is 0.167. The molecule has 5 rings (SSSR count). The summed E-state index contributed by atoms with van der Waals surface area (Å²) in [6.45, 7) is 0.547. The first kappa shape index (κ1) is 19.2. The van der Waals surface area contributed by atoms with E-state index >= 15 is 0 Å². The summed E-state index contributed by atoms with van der Waals surface area (Å²) < 4.78 is 33.5. The molecule has 1 aliphatic heterocycles. The number of carbonyl (C=O) groups excluding carboxylic acids is 1. The zero-order valence-corrected chi connectivity index (χ0v) is 16.5. The van der Waals surface area contributed by atoms with E-state index in [0.29, 0.717) is 46.8 Å². The number of benzene rings is 3. The number of carbonyl (C=O) groups is 1. The van der Waals surface area contributed by atoms with Crippen LogP contribution < -0.4 is 5.32 Å². The maximum absolute atomic E-state index is 14.2. The highest BCUT2D eigenvalue weighted by atomic mass is 19.1. The Hall–Kier alpha value is -3.74. The number of fused-ring (bicyclic) bond motifs is 1. The number of aromatic nitrogens is 1. The van der Waals surface area contributed by atoms with Crippen LogP contribution in [0.3, 0.4) is 0 Å². The van der Waals surface area contributed by atoms with Crippen LogP contribution in [0.2, 0.25) is 0 Å². The summed E-state index contributed by atoms with van der Waals surface area (Å²) in [7, 11) is 0. The third-order valence-corrected chi connectivity index (χ3v) is 5.46. The number of urea groups is 1. The van der Waals surface area contributed by atoms with Gasteiger partial charge in [-0.3, -0.25) is 0 Å². The molecule has 1 saturated heterocycles. The average molecular weight is 419 g/mol. The molecule has 0 aliphatic carbocycles.